The number of aromatic carboxylic acids is 1. The zero-order valence-corrected chi connectivity index (χ0v) is 11.2. The Labute approximate surface area is 110 Å². The molecular weight excluding hydrogens is 252 g/mol. The lowest BCUT2D eigenvalue weighted by Crippen LogP contribution is -2.31. The molecule has 98 valence electrons. The molecule has 2 N–H and O–H groups in total. The Hall–Kier alpha value is -1.56. The number of pyridine rings is 1. The number of carboxylic acid groups (broad SMARTS) is 1. The number of carboxylic acids is 1. The first-order valence-electron chi connectivity index (χ1n) is 5.68. The molecule has 0 saturated carbocycles. The van der Waals surface area contributed by atoms with Crippen molar-refractivity contribution < 1.29 is 14.7 Å². The lowest BCUT2D eigenvalue weighted by Gasteiger charge is -2.10. The van der Waals surface area contributed by atoms with E-state index >= 15 is 0 Å². The van der Waals surface area contributed by atoms with Gasteiger partial charge in [0, 0.05) is 12.7 Å². The lowest BCUT2D eigenvalue weighted by atomic mass is 10.3. The SMILES string of the molecule is CCCNC(=O)C(C)Sc1cc(C(=O)O)ccn1. The maximum Gasteiger partial charge on any atom is 0.335 e. The highest BCUT2D eigenvalue weighted by Gasteiger charge is 2.15. The predicted octanol–water partition coefficient (Wildman–Crippen LogP) is 1.79. The minimum Gasteiger partial charge on any atom is -0.478 e. The predicted molar refractivity (Wildman–Crippen MR) is 69.8 cm³/mol. The number of nitrogens with zero attached hydrogens (tertiary/aromatic N) is 1. The number of rotatable bonds is 6. The average Bonchev–Trinajstić information content (AvgIpc) is 2.36. The van der Waals surface area contributed by atoms with Crippen LogP contribution in [-0.2, 0) is 4.79 Å². The van der Waals surface area contributed by atoms with Gasteiger partial charge in [-0.15, -0.1) is 0 Å². The fourth-order valence-electron chi connectivity index (χ4n) is 1.23. The molecule has 1 heterocycles. The molecule has 0 fully saturated rings. The number of carbonyl (C=O) groups is 2. The summed E-state index contributed by atoms with van der Waals surface area (Å²) in [6, 6.07) is 2.89. The second-order valence-electron chi connectivity index (χ2n) is 3.74. The number of nitrogens with one attached hydrogen (secondary N) is 1. The zero-order chi connectivity index (χ0) is 13.5. The van der Waals surface area contributed by atoms with Crippen molar-refractivity contribution in [3.8, 4) is 0 Å². The monoisotopic (exact) mass is 268 g/mol. The number of hydrogen-bond acceptors (Lipinski definition) is 4. The summed E-state index contributed by atoms with van der Waals surface area (Å²) in [6.45, 7) is 4.40. The van der Waals surface area contributed by atoms with Gasteiger partial charge in [-0.25, -0.2) is 9.78 Å². The van der Waals surface area contributed by atoms with Crippen LogP contribution in [-0.4, -0.2) is 33.8 Å². The first-order chi connectivity index (χ1) is 8.54. The van der Waals surface area contributed by atoms with Gasteiger partial charge in [0.15, 0.2) is 0 Å². The van der Waals surface area contributed by atoms with Crippen LogP contribution in [0.25, 0.3) is 0 Å². The third kappa shape index (κ3) is 4.37. The Kier molecular flexibility index (Phi) is 5.64. The lowest BCUT2D eigenvalue weighted by molar-refractivity contribution is -0.120. The van der Waals surface area contributed by atoms with Gasteiger partial charge >= 0.3 is 5.97 Å². The van der Waals surface area contributed by atoms with Gasteiger partial charge < -0.3 is 10.4 Å². The molecule has 0 aliphatic carbocycles. The maximum atomic E-state index is 11.6. The fraction of sp³-hybridized carbons (Fsp3) is 0.417. The first kappa shape index (κ1) is 14.5. The van der Waals surface area contributed by atoms with Gasteiger partial charge in [-0.1, -0.05) is 18.7 Å². The molecule has 1 aromatic heterocycles. The quantitative estimate of drug-likeness (QED) is 0.769. The topological polar surface area (TPSA) is 79.3 Å². The second kappa shape index (κ2) is 7.00. The van der Waals surface area contributed by atoms with E-state index < -0.39 is 5.97 Å². The van der Waals surface area contributed by atoms with Crippen molar-refractivity contribution in [2.45, 2.75) is 30.5 Å². The van der Waals surface area contributed by atoms with Crippen LogP contribution in [0, 0.1) is 0 Å². The molecule has 0 bridgehead atoms. The number of hydrogen-bond donors (Lipinski definition) is 2. The molecule has 5 nitrogen and oxygen atoms in total. The van der Waals surface area contributed by atoms with E-state index in [0.29, 0.717) is 11.6 Å². The molecule has 0 spiro atoms. The summed E-state index contributed by atoms with van der Waals surface area (Å²) in [6.07, 6.45) is 2.32. The Morgan fingerprint density at radius 3 is 2.89 bits per heavy atom. The molecule has 1 rings (SSSR count). The van der Waals surface area contributed by atoms with Crippen molar-refractivity contribution in [2.24, 2.45) is 0 Å². The first-order valence-corrected chi connectivity index (χ1v) is 6.56. The summed E-state index contributed by atoms with van der Waals surface area (Å²) >= 11 is 1.25. The second-order valence-corrected chi connectivity index (χ2v) is 5.10. The van der Waals surface area contributed by atoms with Gasteiger partial charge in [0.25, 0.3) is 0 Å². The fourth-order valence-corrected chi connectivity index (χ4v) is 2.10. The van der Waals surface area contributed by atoms with Crippen LogP contribution in [0.2, 0.25) is 0 Å². The standard InChI is InChI=1S/C12H16N2O3S/c1-3-5-14-11(15)8(2)18-10-7-9(12(16)17)4-6-13-10/h4,6-8H,3,5H2,1-2H3,(H,14,15)(H,16,17). The van der Waals surface area contributed by atoms with Crippen molar-refractivity contribution >= 4 is 23.6 Å². The van der Waals surface area contributed by atoms with Gasteiger partial charge in [-0.3, -0.25) is 4.79 Å². The smallest absolute Gasteiger partial charge is 0.335 e. The zero-order valence-electron chi connectivity index (χ0n) is 10.3. The summed E-state index contributed by atoms with van der Waals surface area (Å²) in [7, 11) is 0. The third-order valence-electron chi connectivity index (χ3n) is 2.20. The largest absolute Gasteiger partial charge is 0.478 e. The molecule has 6 heteroatoms. The van der Waals surface area contributed by atoms with Crippen molar-refractivity contribution in [2.75, 3.05) is 6.54 Å². The molecule has 0 aliphatic heterocycles. The molecule has 0 aromatic carbocycles. The highest BCUT2D eigenvalue weighted by Crippen LogP contribution is 2.21. The Morgan fingerprint density at radius 1 is 1.56 bits per heavy atom. The van der Waals surface area contributed by atoms with Crippen molar-refractivity contribution in [1.82, 2.24) is 10.3 Å². The van der Waals surface area contributed by atoms with Crippen molar-refractivity contribution in [1.29, 1.82) is 0 Å². The van der Waals surface area contributed by atoms with E-state index in [2.05, 4.69) is 10.3 Å². The van der Waals surface area contributed by atoms with E-state index in [1.54, 1.807) is 6.92 Å². The normalized spacial score (nSPS) is 11.9. The van der Waals surface area contributed by atoms with Crippen LogP contribution in [0.4, 0.5) is 0 Å². The van der Waals surface area contributed by atoms with Gasteiger partial charge in [-0.05, 0) is 25.5 Å². The van der Waals surface area contributed by atoms with Crippen LogP contribution in [0.15, 0.2) is 23.4 Å². The van der Waals surface area contributed by atoms with E-state index in [1.165, 1.54) is 30.1 Å². The van der Waals surface area contributed by atoms with Gasteiger partial charge in [0.1, 0.15) is 0 Å². The minimum absolute atomic E-state index is 0.0654. The average molecular weight is 268 g/mol. The van der Waals surface area contributed by atoms with E-state index in [9.17, 15) is 9.59 Å². The van der Waals surface area contributed by atoms with Gasteiger partial charge in [0.05, 0.1) is 15.8 Å². The maximum absolute atomic E-state index is 11.6. The molecule has 1 atom stereocenters. The molecule has 0 saturated heterocycles. The van der Waals surface area contributed by atoms with Crippen LogP contribution in [0.3, 0.4) is 0 Å². The Balaban J connectivity index is 2.63. The van der Waals surface area contributed by atoms with Gasteiger partial charge in [-0.2, -0.15) is 0 Å². The van der Waals surface area contributed by atoms with Crippen molar-refractivity contribution in [3.63, 3.8) is 0 Å². The third-order valence-corrected chi connectivity index (χ3v) is 3.23. The molecule has 1 aromatic rings. The van der Waals surface area contributed by atoms with Crippen LogP contribution in [0.1, 0.15) is 30.6 Å². The highest BCUT2D eigenvalue weighted by molar-refractivity contribution is 8.00. The van der Waals surface area contributed by atoms with E-state index in [4.69, 9.17) is 5.11 Å². The van der Waals surface area contributed by atoms with Crippen LogP contribution < -0.4 is 5.32 Å². The molecule has 1 unspecified atom stereocenters. The van der Waals surface area contributed by atoms with Crippen LogP contribution >= 0.6 is 11.8 Å². The van der Waals surface area contributed by atoms with E-state index in [-0.39, 0.29) is 16.7 Å². The Morgan fingerprint density at radius 2 is 2.28 bits per heavy atom. The molecular formula is C12H16N2O3S. The number of amides is 1. The van der Waals surface area contributed by atoms with E-state index in [0.717, 1.165) is 6.42 Å². The summed E-state index contributed by atoms with van der Waals surface area (Å²) in [5.41, 5.74) is 0.175. The molecule has 1 amide bonds. The molecule has 0 aliphatic rings. The van der Waals surface area contributed by atoms with Gasteiger partial charge in [0.2, 0.25) is 5.91 Å². The summed E-state index contributed by atoms with van der Waals surface area (Å²) in [5.74, 6) is -1.06. The summed E-state index contributed by atoms with van der Waals surface area (Å²) in [5, 5.41) is 11.9. The van der Waals surface area contributed by atoms with Crippen LogP contribution in [0.5, 0.6) is 0 Å². The molecule has 0 radical (unpaired) electrons. The summed E-state index contributed by atoms with van der Waals surface area (Å²) < 4.78 is 0. The molecule has 18 heavy (non-hydrogen) atoms. The van der Waals surface area contributed by atoms with Crippen molar-refractivity contribution in [3.05, 3.63) is 23.9 Å². The Bertz CT molecular complexity index is 437. The number of thioether (sulfide) groups is 1. The number of aromatic nitrogens is 1. The summed E-state index contributed by atoms with van der Waals surface area (Å²) in [4.78, 5) is 26.5. The number of carbonyl (C=O) groups excluding carboxylic acids is 1. The minimum atomic E-state index is -0.998. The van der Waals surface area contributed by atoms with E-state index in [1.807, 2.05) is 6.92 Å². The highest BCUT2D eigenvalue weighted by atomic mass is 32.2.